The summed E-state index contributed by atoms with van der Waals surface area (Å²) in [5.74, 6) is 0.400. The molecule has 3 nitrogen and oxygen atoms in total. The minimum Gasteiger partial charge on any atom is -0.396 e. The summed E-state index contributed by atoms with van der Waals surface area (Å²) in [5, 5.41) is 15.6. The van der Waals surface area contributed by atoms with Crippen molar-refractivity contribution in [1.82, 2.24) is 10.6 Å². The van der Waals surface area contributed by atoms with Crippen LogP contribution in [0.15, 0.2) is 0 Å². The van der Waals surface area contributed by atoms with Crippen molar-refractivity contribution in [3.8, 4) is 0 Å². The predicted molar refractivity (Wildman–Crippen MR) is 45.5 cm³/mol. The van der Waals surface area contributed by atoms with Gasteiger partial charge in [-0.25, -0.2) is 0 Å². The second kappa shape index (κ2) is 4.04. The van der Waals surface area contributed by atoms with E-state index in [1.54, 1.807) is 0 Å². The summed E-state index contributed by atoms with van der Waals surface area (Å²) in [6.07, 6.45) is 0. The molecule has 0 aliphatic carbocycles. The fourth-order valence-electron chi connectivity index (χ4n) is 1.55. The summed E-state index contributed by atoms with van der Waals surface area (Å²) < 4.78 is 0. The van der Waals surface area contributed by atoms with Crippen LogP contribution in [0.4, 0.5) is 0 Å². The minimum atomic E-state index is 0.289. The normalized spacial score (nSPS) is 31.6. The summed E-state index contributed by atoms with van der Waals surface area (Å²) in [4.78, 5) is 0. The number of hydrogen-bond acceptors (Lipinski definition) is 3. The third kappa shape index (κ3) is 2.43. The van der Waals surface area contributed by atoms with Crippen LogP contribution in [0.3, 0.4) is 0 Å². The topological polar surface area (TPSA) is 44.3 Å². The number of aliphatic hydroxyl groups excluding tert-OH is 1. The first-order valence-electron chi connectivity index (χ1n) is 4.31. The van der Waals surface area contributed by atoms with Gasteiger partial charge < -0.3 is 15.7 Å². The quantitative estimate of drug-likeness (QED) is 0.522. The van der Waals surface area contributed by atoms with Gasteiger partial charge in [-0.05, 0) is 0 Å². The zero-order valence-corrected chi connectivity index (χ0v) is 7.30. The molecule has 0 radical (unpaired) electrons. The van der Waals surface area contributed by atoms with Gasteiger partial charge in [0.05, 0.1) is 0 Å². The van der Waals surface area contributed by atoms with Crippen LogP contribution < -0.4 is 10.6 Å². The number of nitrogens with one attached hydrogen (secondary N) is 2. The summed E-state index contributed by atoms with van der Waals surface area (Å²) in [5.41, 5.74) is 0. The van der Waals surface area contributed by atoms with Crippen molar-refractivity contribution >= 4 is 0 Å². The number of aliphatic hydroxyl groups is 1. The Hall–Kier alpha value is -0.120. The Morgan fingerprint density at radius 3 is 2.82 bits per heavy atom. The standard InChI is InChI=1S/C8H18N2O/c1-6(2)10-8-4-9-3-7(8)5-11/h6-11H,3-5H2,1-2H3. The maximum atomic E-state index is 8.97. The van der Waals surface area contributed by atoms with Gasteiger partial charge in [-0.2, -0.15) is 0 Å². The summed E-state index contributed by atoms with van der Waals surface area (Å²) in [7, 11) is 0. The van der Waals surface area contributed by atoms with Crippen LogP contribution in [0.5, 0.6) is 0 Å². The SMILES string of the molecule is CC(C)NC1CNCC1CO. The second-order valence-electron chi connectivity index (χ2n) is 3.53. The third-order valence-corrected chi connectivity index (χ3v) is 2.12. The van der Waals surface area contributed by atoms with Gasteiger partial charge in [0.15, 0.2) is 0 Å². The zero-order chi connectivity index (χ0) is 8.27. The lowest BCUT2D eigenvalue weighted by Crippen LogP contribution is -2.41. The highest BCUT2D eigenvalue weighted by atomic mass is 16.3. The molecule has 1 aliphatic rings. The third-order valence-electron chi connectivity index (χ3n) is 2.12. The largest absolute Gasteiger partial charge is 0.396 e. The highest BCUT2D eigenvalue weighted by Gasteiger charge is 2.25. The molecule has 11 heavy (non-hydrogen) atoms. The predicted octanol–water partition coefficient (Wildman–Crippen LogP) is -0.435. The van der Waals surface area contributed by atoms with Gasteiger partial charge in [-0.15, -0.1) is 0 Å². The highest BCUT2D eigenvalue weighted by molar-refractivity contribution is 4.86. The molecule has 66 valence electrons. The molecule has 0 bridgehead atoms. The Morgan fingerprint density at radius 2 is 2.27 bits per heavy atom. The Kier molecular flexibility index (Phi) is 3.30. The first-order chi connectivity index (χ1) is 5.24. The molecule has 3 heteroatoms. The molecule has 0 aromatic heterocycles. The summed E-state index contributed by atoms with van der Waals surface area (Å²) in [6, 6.07) is 0.967. The van der Waals surface area contributed by atoms with Crippen molar-refractivity contribution in [3.05, 3.63) is 0 Å². The van der Waals surface area contributed by atoms with Crippen LogP contribution >= 0.6 is 0 Å². The molecule has 1 heterocycles. The van der Waals surface area contributed by atoms with Crippen LogP contribution in [0, 0.1) is 5.92 Å². The first-order valence-corrected chi connectivity index (χ1v) is 4.31. The van der Waals surface area contributed by atoms with Crippen LogP contribution in [-0.4, -0.2) is 36.9 Å². The van der Waals surface area contributed by atoms with E-state index in [0.29, 0.717) is 18.0 Å². The average molecular weight is 158 g/mol. The van der Waals surface area contributed by atoms with Crippen molar-refractivity contribution in [3.63, 3.8) is 0 Å². The van der Waals surface area contributed by atoms with E-state index in [2.05, 4.69) is 24.5 Å². The second-order valence-corrected chi connectivity index (χ2v) is 3.53. The molecule has 1 rings (SSSR count). The van der Waals surface area contributed by atoms with Gasteiger partial charge >= 0.3 is 0 Å². The van der Waals surface area contributed by atoms with E-state index >= 15 is 0 Å². The molecule has 0 saturated carbocycles. The molecule has 0 amide bonds. The lowest BCUT2D eigenvalue weighted by molar-refractivity contribution is 0.212. The van der Waals surface area contributed by atoms with Crippen LogP contribution in [0.1, 0.15) is 13.8 Å². The van der Waals surface area contributed by atoms with Crippen molar-refractivity contribution < 1.29 is 5.11 Å². The van der Waals surface area contributed by atoms with E-state index in [1.165, 1.54) is 0 Å². The molecular weight excluding hydrogens is 140 g/mol. The van der Waals surface area contributed by atoms with E-state index in [-0.39, 0.29) is 6.61 Å². The zero-order valence-electron chi connectivity index (χ0n) is 7.30. The molecule has 1 aliphatic heterocycles. The first kappa shape index (κ1) is 8.97. The maximum absolute atomic E-state index is 8.97. The van der Waals surface area contributed by atoms with Gasteiger partial charge in [0.25, 0.3) is 0 Å². The smallest absolute Gasteiger partial charge is 0.0486 e. The van der Waals surface area contributed by atoms with Crippen LogP contribution in [0.2, 0.25) is 0 Å². The van der Waals surface area contributed by atoms with Gasteiger partial charge in [0.2, 0.25) is 0 Å². The lowest BCUT2D eigenvalue weighted by Gasteiger charge is -2.20. The minimum absolute atomic E-state index is 0.289. The average Bonchev–Trinajstić information content (AvgIpc) is 2.34. The molecule has 3 N–H and O–H groups in total. The maximum Gasteiger partial charge on any atom is 0.0486 e. The van der Waals surface area contributed by atoms with E-state index < -0.39 is 0 Å². The molecule has 1 fully saturated rings. The van der Waals surface area contributed by atoms with Crippen molar-refractivity contribution in [2.75, 3.05) is 19.7 Å². The van der Waals surface area contributed by atoms with Crippen molar-refractivity contribution in [2.45, 2.75) is 25.9 Å². The van der Waals surface area contributed by atoms with Gasteiger partial charge in [0, 0.05) is 37.7 Å². The lowest BCUT2D eigenvalue weighted by atomic mass is 10.0. The van der Waals surface area contributed by atoms with E-state index in [9.17, 15) is 0 Å². The van der Waals surface area contributed by atoms with Crippen molar-refractivity contribution in [1.29, 1.82) is 0 Å². The Balaban J connectivity index is 2.31. The molecule has 0 aromatic rings. The summed E-state index contributed by atoms with van der Waals surface area (Å²) in [6.45, 7) is 6.49. The van der Waals surface area contributed by atoms with Gasteiger partial charge in [-0.1, -0.05) is 13.8 Å². The summed E-state index contributed by atoms with van der Waals surface area (Å²) >= 11 is 0. The van der Waals surface area contributed by atoms with Crippen molar-refractivity contribution in [2.24, 2.45) is 5.92 Å². The van der Waals surface area contributed by atoms with Gasteiger partial charge in [0.1, 0.15) is 0 Å². The number of hydrogen-bond donors (Lipinski definition) is 3. The monoisotopic (exact) mass is 158 g/mol. The Bertz CT molecular complexity index is 117. The number of rotatable bonds is 3. The highest BCUT2D eigenvalue weighted by Crippen LogP contribution is 2.08. The Morgan fingerprint density at radius 1 is 1.55 bits per heavy atom. The fourth-order valence-corrected chi connectivity index (χ4v) is 1.55. The molecule has 1 saturated heterocycles. The molecule has 2 unspecified atom stereocenters. The Labute approximate surface area is 68.2 Å². The molecular formula is C8H18N2O. The van der Waals surface area contributed by atoms with E-state index in [0.717, 1.165) is 13.1 Å². The van der Waals surface area contributed by atoms with E-state index in [4.69, 9.17) is 5.11 Å². The van der Waals surface area contributed by atoms with Crippen LogP contribution in [-0.2, 0) is 0 Å². The molecule has 0 spiro atoms. The molecule has 2 atom stereocenters. The van der Waals surface area contributed by atoms with E-state index in [1.807, 2.05) is 0 Å². The van der Waals surface area contributed by atoms with Gasteiger partial charge in [-0.3, -0.25) is 0 Å². The fraction of sp³-hybridized carbons (Fsp3) is 1.00. The molecule has 0 aromatic carbocycles. The van der Waals surface area contributed by atoms with Crippen LogP contribution in [0.25, 0.3) is 0 Å².